The summed E-state index contributed by atoms with van der Waals surface area (Å²) in [7, 11) is 0. The molecule has 1 aliphatic carbocycles. The van der Waals surface area contributed by atoms with Crippen LogP contribution in [0.4, 0.5) is 0 Å². The Labute approximate surface area is 148 Å². The van der Waals surface area contributed by atoms with E-state index in [9.17, 15) is 9.59 Å². The van der Waals surface area contributed by atoms with E-state index in [0.29, 0.717) is 5.92 Å². The van der Waals surface area contributed by atoms with Crippen LogP contribution in [0.25, 0.3) is 0 Å². The molecule has 0 aromatic carbocycles. The number of ether oxygens (including phenoxy) is 1. The molecule has 2 amide bonds. The summed E-state index contributed by atoms with van der Waals surface area (Å²) in [5.41, 5.74) is -0.665. The van der Waals surface area contributed by atoms with E-state index in [2.05, 4.69) is 6.92 Å². The topological polar surface area (TPSA) is 63.0 Å². The van der Waals surface area contributed by atoms with E-state index in [1.807, 2.05) is 4.90 Å². The van der Waals surface area contributed by atoms with Crippen molar-refractivity contribution in [2.24, 2.45) is 5.92 Å². The third kappa shape index (κ3) is 2.86. The number of likely N-dealkylation sites (tertiary alicyclic amines) is 1. The van der Waals surface area contributed by atoms with Gasteiger partial charge < -0.3 is 14.1 Å². The second kappa shape index (κ2) is 6.48. The van der Waals surface area contributed by atoms with Crippen LogP contribution in [0.5, 0.6) is 0 Å². The van der Waals surface area contributed by atoms with Crippen LogP contribution in [0.15, 0.2) is 22.8 Å². The summed E-state index contributed by atoms with van der Waals surface area (Å²) in [6, 6.07) is 2.83. The Morgan fingerprint density at radius 2 is 2.04 bits per heavy atom. The van der Waals surface area contributed by atoms with Crippen molar-refractivity contribution < 1.29 is 18.7 Å². The van der Waals surface area contributed by atoms with Crippen molar-refractivity contribution in [2.45, 2.75) is 57.2 Å². The van der Waals surface area contributed by atoms with Crippen LogP contribution >= 0.6 is 0 Å². The van der Waals surface area contributed by atoms with Crippen LogP contribution < -0.4 is 0 Å². The second-order valence-corrected chi connectivity index (χ2v) is 7.66. The van der Waals surface area contributed by atoms with Crippen LogP contribution in [0, 0.1) is 5.92 Å². The minimum atomic E-state index is -0.665. The van der Waals surface area contributed by atoms with Gasteiger partial charge in [0.25, 0.3) is 5.91 Å². The number of furan rings is 1. The summed E-state index contributed by atoms with van der Waals surface area (Å²) in [5, 5.41) is 0. The zero-order valence-corrected chi connectivity index (χ0v) is 14.8. The Bertz CT molecular complexity index is 638. The van der Waals surface area contributed by atoms with E-state index >= 15 is 0 Å². The molecule has 3 aliphatic rings. The van der Waals surface area contributed by atoms with E-state index in [1.54, 1.807) is 17.0 Å². The number of hydrogen-bond donors (Lipinski definition) is 0. The van der Waals surface area contributed by atoms with Gasteiger partial charge in [0.15, 0.2) is 5.76 Å². The van der Waals surface area contributed by atoms with Gasteiger partial charge in [-0.3, -0.25) is 14.5 Å². The largest absolute Gasteiger partial charge is 0.459 e. The van der Waals surface area contributed by atoms with Gasteiger partial charge in [-0.15, -0.1) is 0 Å². The average molecular weight is 346 g/mol. The average Bonchev–Trinajstić information content (AvgIpc) is 3.35. The highest BCUT2D eigenvalue weighted by Gasteiger charge is 2.55. The summed E-state index contributed by atoms with van der Waals surface area (Å²) >= 11 is 0. The highest BCUT2D eigenvalue weighted by Crippen LogP contribution is 2.43. The fraction of sp³-hybridized carbons (Fsp3) is 0.684. The van der Waals surface area contributed by atoms with Crippen molar-refractivity contribution in [1.29, 1.82) is 0 Å². The SMILES string of the molecule is C[C@H]1CCC[C@@]2(C1)OC[C@@H](C(=O)N1CCCC1)N2C(=O)c1ccco1. The molecule has 2 aliphatic heterocycles. The molecule has 0 bridgehead atoms. The molecule has 1 aromatic heterocycles. The van der Waals surface area contributed by atoms with Gasteiger partial charge in [0.05, 0.1) is 12.9 Å². The Morgan fingerprint density at radius 1 is 1.24 bits per heavy atom. The molecule has 2 saturated heterocycles. The summed E-state index contributed by atoms with van der Waals surface area (Å²) in [4.78, 5) is 29.8. The normalized spacial score (nSPS) is 32.5. The molecular weight excluding hydrogens is 320 g/mol. The molecule has 6 heteroatoms. The van der Waals surface area contributed by atoms with Gasteiger partial charge in [-0.1, -0.05) is 13.3 Å². The molecule has 3 atom stereocenters. The van der Waals surface area contributed by atoms with Crippen molar-refractivity contribution in [3.63, 3.8) is 0 Å². The first kappa shape index (κ1) is 16.6. The van der Waals surface area contributed by atoms with Crippen molar-refractivity contribution in [3.05, 3.63) is 24.2 Å². The number of carbonyl (C=O) groups is 2. The first-order chi connectivity index (χ1) is 12.1. The van der Waals surface area contributed by atoms with Gasteiger partial charge in [0.2, 0.25) is 5.91 Å². The molecule has 0 unspecified atom stereocenters. The monoisotopic (exact) mass is 346 g/mol. The Balaban J connectivity index is 1.66. The summed E-state index contributed by atoms with van der Waals surface area (Å²) in [6.07, 6.45) is 7.28. The molecule has 4 rings (SSSR count). The third-order valence-electron chi connectivity index (χ3n) is 5.85. The van der Waals surface area contributed by atoms with Crippen molar-refractivity contribution >= 4 is 11.8 Å². The Morgan fingerprint density at radius 3 is 2.72 bits per heavy atom. The Hall–Kier alpha value is -1.82. The molecule has 3 heterocycles. The number of nitrogens with zero attached hydrogens (tertiary/aromatic N) is 2. The standard InChI is InChI=1S/C19H26N2O4/c1-14-6-4-8-19(12-14)21(18(23)16-7-5-11-24-16)15(13-25-19)17(22)20-9-2-3-10-20/h5,7,11,14-15H,2-4,6,8-10,12-13H2,1H3/t14-,15-,19-/m0/s1. The lowest BCUT2D eigenvalue weighted by atomic mass is 9.83. The lowest BCUT2D eigenvalue weighted by Gasteiger charge is -2.43. The highest BCUT2D eigenvalue weighted by atomic mass is 16.5. The minimum absolute atomic E-state index is 0.0208. The van der Waals surface area contributed by atoms with Gasteiger partial charge in [-0.25, -0.2) is 0 Å². The summed E-state index contributed by atoms with van der Waals surface area (Å²) < 4.78 is 11.5. The smallest absolute Gasteiger partial charge is 0.292 e. The summed E-state index contributed by atoms with van der Waals surface area (Å²) in [5.74, 6) is 0.547. The van der Waals surface area contributed by atoms with E-state index in [-0.39, 0.29) is 24.2 Å². The fourth-order valence-electron chi connectivity index (χ4n) is 4.66. The zero-order chi connectivity index (χ0) is 17.4. The fourth-order valence-corrected chi connectivity index (χ4v) is 4.66. The van der Waals surface area contributed by atoms with Crippen LogP contribution in [0.3, 0.4) is 0 Å². The predicted octanol–water partition coefficient (Wildman–Crippen LogP) is 2.65. The molecule has 0 N–H and O–H groups in total. The number of amides is 2. The number of carbonyl (C=O) groups excluding carboxylic acids is 2. The van der Waals surface area contributed by atoms with Crippen molar-refractivity contribution in [2.75, 3.05) is 19.7 Å². The molecule has 3 fully saturated rings. The first-order valence-corrected chi connectivity index (χ1v) is 9.41. The minimum Gasteiger partial charge on any atom is -0.459 e. The molecule has 6 nitrogen and oxygen atoms in total. The lowest BCUT2D eigenvalue weighted by Crippen LogP contribution is -2.57. The van der Waals surface area contributed by atoms with Gasteiger partial charge in [0, 0.05) is 13.1 Å². The van der Waals surface area contributed by atoms with E-state index in [1.165, 1.54) is 6.26 Å². The van der Waals surface area contributed by atoms with Crippen molar-refractivity contribution in [1.82, 2.24) is 9.80 Å². The van der Waals surface area contributed by atoms with E-state index in [0.717, 1.165) is 51.6 Å². The molecular formula is C19H26N2O4. The molecule has 1 spiro atoms. The van der Waals surface area contributed by atoms with Gasteiger partial charge in [0.1, 0.15) is 11.8 Å². The number of hydrogen-bond acceptors (Lipinski definition) is 4. The number of rotatable bonds is 2. The quantitative estimate of drug-likeness (QED) is 0.826. The maximum atomic E-state index is 13.2. The molecule has 1 aromatic rings. The van der Waals surface area contributed by atoms with Crippen LogP contribution in [0.1, 0.15) is 56.0 Å². The maximum Gasteiger partial charge on any atom is 0.292 e. The highest BCUT2D eigenvalue weighted by molar-refractivity contribution is 5.96. The van der Waals surface area contributed by atoms with Crippen LogP contribution in [-0.4, -0.2) is 53.1 Å². The maximum absolute atomic E-state index is 13.2. The van der Waals surface area contributed by atoms with Crippen molar-refractivity contribution in [3.8, 4) is 0 Å². The van der Waals surface area contributed by atoms with Crippen LogP contribution in [-0.2, 0) is 9.53 Å². The van der Waals surface area contributed by atoms with E-state index in [4.69, 9.17) is 9.15 Å². The third-order valence-corrected chi connectivity index (χ3v) is 5.85. The Kier molecular flexibility index (Phi) is 4.31. The first-order valence-electron chi connectivity index (χ1n) is 9.41. The molecule has 1 saturated carbocycles. The van der Waals surface area contributed by atoms with Gasteiger partial charge in [-0.2, -0.15) is 0 Å². The molecule has 0 radical (unpaired) electrons. The zero-order valence-electron chi connectivity index (χ0n) is 14.8. The van der Waals surface area contributed by atoms with Crippen LogP contribution in [0.2, 0.25) is 0 Å². The van der Waals surface area contributed by atoms with Gasteiger partial charge in [-0.05, 0) is 50.2 Å². The molecule has 136 valence electrons. The van der Waals surface area contributed by atoms with E-state index < -0.39 is 11.8 Å². The lowest BCUT2D eigenvalue weighted by molar-refractivity contribution is -0.137. The molecule has 25 heavy (non-hydrogen) atoms. The summed E-state index contributed by atoms with van der Waals surface area (Å²) in [6.45, 7) is 4.03. The predicted molar refractivity (Wildman–Crippen MR) is 90.8 cm³/mol. The van der Waals surface area contributed by atoms with Gasteiger partial charge >= 0.3 is 0 Å². The second-order valence-electron chi connectivity index (χ2n) is 7.66.